The summed E-state index contributed by atoms with van der Waals surface area (Å²) >= 11 is 10.5. The van der Waals surface area contributed by atoms with Crippen LogP contribution in [-0.2, 0) is 0 Å². The van der Waals surface area contributed by atoms with E-state index in [1.807, 2.05) is 0 Å². The first kappa shape index (κ1) is 3.51. The van der Waals surface area contributed by atoms with Crippen molar-refractivity contribution in [3.8, 4) is 0 Å². The van der Waals surface area contributed by atoms with Gasteiger partial charge < -0.3 is 0 Å². The Morgan fingerprint density at radius 2 is 1.80 bits per heavy atom. The molecule has 27 valence electrons. The average molecular weight is 108 g/mol. The smallest absolute Gasteiger partial charge is 0.0916 e. The maximum atomic E-state index is 5.24. The van der Waals surface area contributed by atoms with Crippen molar-refractivity contribution in [2.24, 2.45) is 0 Å². The molecule has 1 aliphatic rings. The van der Waals surface area contributed by atoms with Crippen LogP contribution in [-0.4, -0.2) is 4.33 Å². The normalized spacial score (nSPS) is 26.8. The molecule has 0 heterocycles. The zero-order valence-electron chi connectivity index (χ0n) is 2.33. The van der Waals surface area contributed by atoms with Gasteiger partial charge in [-0.1, -0.05) is 23.2 Å². The summed E-state index contributed by atoms with van der Waals surface area (Å²) in [6.07, 6.45) is 4.17. The first-order valence-corrected chi connectivity index (χ1v) is 1.96. The van der Waals surface area contributed by atoms with E-state index in [4.69, 9.17) is 23.2 Å². The molecule has 0 aromatic heterocycles. The molecule has 0 saturated carbocycles. The van der Waals surface area contributed by atoms with Crippen LogP contribution in [0.4, 0.5) is 0 Å². The highest BCUT2D eigenvalue weighted by atomic mass is 35.5. The lowest BCUT2D eigenvalue weighted by atomic mass is 10.9. The topological polar surface area (TPSA) is 0 Å². The Labute approximate surface area is 40.4 Å². The van der Waals surface area contributed by atoms with Crippen molar-refractivity contribution in [2.45, 2.75) is 4.33 Å². The van der Waals surface area contributed by atoms with E-state index >= 15 is 0 Å². The van der Waals surface area contributed by atoms with Crippen LogP contribution in [0.5, 0.6) is 0 Å². The maximum Gasteiger partial charge on any atom is 0.162 e. The van der Waals surface area contributed by atoms with Gasteiger partial charge in [-0.2, -0.15) is 0 Å². The van der Waals surface area contributed by atoms with Crippen LogP contribution >= 0.6 is 23.2 Å². The van der Waals surface area contributed by atoms with E-state index in [1.165, 1.54) is 0 Å². The van der Waals surface area contributed by atoms with E-state index in [1.54, 1.807) is 6.08 Å². The van der Waals surface area contributed by atoms with Crippen molar-refractivity contribution in [1.82, 2.24) is 0 Å². The van der Waals surface area contributed by atoms with Crippen LogP contribution in [0, 0.1) is 6.08 Å². The molecule has 0 atom stereocenters. The van der Waals surface area contributed by atoms with Gasteiger partial charge in [-0.25, -0.2) is 0 Å². The summed E-state index contributed by atoms with van der Waals surface area (Å²) in [5, 5.41) is 0. The van der Waals surface area contributed by atoms with Gasteiger partial charge in [0.05, 0.1) is 0 Å². The second kappa shape index (κ2) is 0.688. The fraction of sp³-hybridized carbons (Fsp3) is 0.333. The van der Waals surface area contributed by atoms with Crippen LogP contribution in [0.3, 0.4) is 0 Å². The Morgan fingerprint density at radius 1 is 1.60 bits per heavy atom. The molecule has 1 aliphatic carbocycles. The van der Waals surface area contributed by atoms with Crippen molar-refractivity contribution in [1.29, 1.82) is 0 Å². The van der Waals surface area contributed by atoms with E-state index in [2.05, 4.69) is 6.08 Å². The molecule has 1 radical (unpaired) electrons. The fourth-order valence-electron chi connectivity index (χ4n) is 0.0546. The predicted molar refractivity (Wildman–Crippen MR) is 22.2 cm³/mol. The molecule has 0 unspecified atom stereocenters. The SMILES string of the molecule is ClC1(Cl)[C]=C1. The zero-order chi connectivity index (χ0) is 3.91. The molecule has 0 aromatic carbocycles. The molecule has 0 spiro atoms. The van der Waals surface area contributed by atoms with Gasteiger partial charge in [0.2, 0.25) is 0 Å². The number of allylic oxidation sites excluding steroid dienone is 2. The lowest BCUT2D eigenvalue weighted by Gasteiger charge is -1.81. The number of rotatable bonds is 0. The van der Waals surface area contributed by atoms with Crippen LogP contribution in [0.15, 0.2) is 6.08 Å². The molecule has 0 bridgehead atoms. The van der Waals surface area contributed by atoms with Crippen molar-refractivity contribution in [3.63, 3.8) is 0 Å². The van der Waals surface area contributed by atoms with Crippen LogP contribution in [0.25, 0.3) is 0 Å². The minimum absolute atomic E-state index is 0.681. The maximum absolute atomic E-state index is 5.24. The highest BCUT2D eigenvalue weighted by molar-refractivity contribution is 6.53. The minimum Gasteiger partial charge on any atom is -0.0916 e. The van der Waals surface area contributed by atoms with Crippen molar-refractivity contribution in [3.05, 3.63) is 12.2 Å². The number of hydrogen-bond acceptors (Lipinski definition) is 0. The van der Waals surface area contributed by atoms with Crippen molar-refractivity contribution < 1.29 is 0 Å². The molecule has 5 heavy (non-hydrogen) atoms. The van der Waals surface area contributed by atoms with E-state index in [0.717, 1.165) is 0 Å². The summed E-state index contributed by atoms with van der Waals surface area (Å²) in [5.41, 5.74) is 0. The molecule has 1 rings (SSSR count). The van der Waals surface area contributed by atoms with Crippen LogP contribution in [0.1, 0.15) is 0 Å². The second-order valence-electron chi connectivity index (χ2n) is 0.912. The molecular weight excluding hydrogens is 107 g/mol. The standard InChI is InChI=1S/C3HCl2/c4-3(5)1-2-3/h1H. The molecule has 0 fully saturated rings. The highest BCUT2D eigenvalue weighted by Gasteiger charge is 2.27. The van der Waals surface area contributed by atoms with Gasteiger partial charge in [0.15, 0.2) is 4.33 Å². The summed E-state index contributed by atoms with van der Waals surface area (Å²) in [5.74, 6) is 0. The van der Waals surface area contributed by atoms with Gasteiger partial charge >= 0.3 is 0 Å². The predicted octanol–water partition coefficient (Wildman–Crippen LogP) is 1.53. The number of alkyl halides is 2. The molecule has 0 N–H and O–H groups in total. The van der Waals surface area contributed by atoms with E-state index in [-0.39, 0.29) is 0 Å². The molecular formula is C3HCl2. The summed E-state index contributed by atoms with van der Waals surface area (Å²) in [7, 11) is 0. The van der Waals surface area contributed by atoms with Crippen LogP contribution in [0.2, 0.25) is 0 Å². The molecule has 0 amide bonds. The third-order valence-corrected chi connectivity index (χ3v) is 0.799. The fourth-order valence-corrected chi connectivity index (χ4v) is 0.164. The van der Waals surface area contributed by atoms with Gasteiger partial charge in [0.1, 0.15) is 0 Å². The van der Waals surface area contributed by atoms with Gasteiger partial charge in [0, 0.05) is 0 Å². The van der Waals surface area contributed by atoms with Gasteiger partial charge in [-0.3, -0.25) is 0 Å². The molecule has 0 nitrogen and oxygen atoms in total. The first-order chi connectivity index (χ1) is 2.21. The Hall–Kier alpha value is 0.320. The Balaban J connectivity index is 2.47. The van der Waals surface area contributed by atoms with Crippen molar-refractivity contribution in [2.75, 3.05) is 0 Å². The largest absolute Gasteiger partial charge is 0.162 e. The minimum atomic E-state index is -0.681. The summed E-state index contributed by atoms with van der Waals surface area (Å²) < 4.78 is -0.681. The first-order valence-electron chi connectivity index (χ1n) is 1.21. The lowest BCUT2D eigenvalue weighted by molar-refractivity contribution is 1.50. The molecule has 0 aromatic rings. The van der Waals surface area contributed by atoms with Gasteiger partial charge in [-0.15, -0.1) is 0 Å². The summed E-state index contributed by atoms with van der Waals surface area (Å²) in [4.78, 5) is 0. The van der Waals surface area contributed by atoms with Crippen molar-refractivity contribution >= 4 is 23.2 Å². The highest BCUT2D eigenvalue weighted by Crippen LogP contribution is 2.34. The zero-order valence-corrected chi connectivity index (χ0v) is 3.85. The number of hydrogen-bond donors (Lipinski definition) is 0. The number of halogens is 2. The monoisotopic (exact) mass is 107 g/mol. The Kier molecular flexibility index (Phi) is 0.483. The lowest BCUT2D eigenvalue weighted by Crippen LogP contribution is -1.78. The molecule has 2 heteroatoms. The second-order valence-corrected chi connectivity index (χ2v) is 2.30. The van der Waals surface area contributed by atoms with E-state index in [9.17, 15) is 0 Å². The summed E-state index contributed by atoms with van der Waals surface area (Å²) in [6.45, 7) is 0. The molecule has 0 saturated heterocycles. The third kappa shape index (κ3) is 0.822. The van der Waals surface area contributed by atoms with E-state index in [0.29, 0.717) is 0 Å². The van der Waals surface area contributed by atoms with Crippen LogP contribution < -0.4 is 0 Å². The summed E-state index contributed by atoms with van der Waals surface area (Å²) in [6, 6.07) is 0. The third-order valence-electron chi connectivity index (χ3n) is 0.363. The van der Waals surface area contributed by atoms with E-state index < -0.39 is 4.33 Å². The quantitative estimate of drug-likeness (QED) is 0.413. The van der Waals surface area contributed by atoms with Gasteiger partial charge in [0.25, 0.3) is 0 Å². The molecule has 0 aliphatic heterocycles. The van der Waals surface area contributed by atoms with Gasteiger partial charge in [-0.05, 0) is 12.2 Å². The average Bonchev–Trinajstić information content (AvgIpc) is 1.76. The Bertz CT molecular complexity index is 65.0. The Morgan fingerprint density at radius 3 is 1.80 bits per heavy atom.